The van der Waals surface area contributed by atoms with E-state index in [2.05, 4.69) is 13.2 Å². The lowest BCUT2D eigenvalue weighted by Gasteiger charge is -2.05. The topological polar surface area (TPSA) is 9.23 Å². The van der Waals surface area contributed by atoms with Crippen molar-refractivity contribution in [3.05, 3.63) is 0 Å². The van der Waals surface area contributed by atoms with Crippen molar-refractivity contribution in [2.45, 2.75) is 33.3 Å². The van der Waals surface area contributed by atoms with Gasteiger partial charge in [-0.3, -0.25) is 0 Å². The van der Waals surface area contributed by atoms with Gasteiger partial charge in [0.15, 0.2) is 0 Å². The van der Waals surface area contributed by atoms with Gasteiger partial charge in [-0.15, -0.1) is 0 Å². The number of methoxy groups -OCH3 is 1. The molecule has 0 saturated heterocycles. The fourth-order valence-electron chi connectivity index (χ4n) is 0.402. The van der Waals surface area contributed by atoms with Gasteiger partial charge >= 0.3 is 0 Å². The van der Waals surface area contributed by atoms with Crippen LogP contribution in [0.3, 0.4) is 0 Å². The summed E-state index contributed by atoms with van der Waals surface area (Å²) in [5, 5.41) is 0. The number of rotatable bonds is 4. The first-order chi connectivity index (χ1) is 4.81. The van der Waals surface area contributed by atoms with E-state index in [4.69, 9.17) is 4.74 Å². The van der Waals surface area contributed by atoms with Crippen LogP contribution in [0.5, 0.6) is 0 Å². The molecule has 10 heavy (non-hydrogen) atoms. The quantitative estimate of drug-likeness (QED) is 0.632. The maximum Gasteiger partial charge on any atom is 0.0551 e. The van der Waals surface area contributed by atoms with Gasteiger partial charge in [0.2, 0.25) is 0 Å². The number of hydrogen-bond acceptors (Lipinski definition) is 2. The zero-order valence-corrected chi connectivity index (χ0v) is 8.62. The molecule has 0 aliphatic heterocycles. The fourth-order valence-corrected chi connectivity index (χ4v) is 0.969. The third kappa shape index (κ3) is 11.2. The highest BCUT2D eigenvalue weighted by Gasteiger charge is 1.95. The molecule has 0 aromatic rings. The summed E-state index contributed by atoms with van der Waals surface area (Å²) in [4.78, 5) is 0. The summed E-state index contributed by atoms with van der Waals surface area (Å²) in [5.41, 5.74) is 0. The van der Waals surface area contributed by atoms with E-state index in [0.29, 0.717) is 6.10 Å². The predicted molar refractivity (Wildman–Crippen MR) is 50.8 cm³/mol. The molecule has 0 aliphatic rings. The lowest BCUT2D eigenvalue weighted by molar-refractivity contribution is 0.116. The van der Waals surface area contributed by atoms with Gasteiger partial charge in [0, 0.05) is 7.11 Å². The van der Waals surface area contributed by atoms with Gasteiger partial charge in [-0.05, 0) is 25.4 Å². The van der Waals surface area contributed by atoms with Gasteiger partial charge < -0.3 is 4.74 Å². The lowest BCUT2D eigenvalue weighted by Crippen LogP contribution is -2.04. The molecule has 0 radical (unpaired) electrons. The zero-order chi connectivity index (χ0) is 8.41. The van der Waals surface area contributed by atoms with Gasteiger partial charge in [-0.25, -0.2) is 0 Å². The Balaban J connectivity index is 0. The van der Waals surface area contributed by atoms with Crippen molar-refractivity contribution in [1.82, 2.24) is 0 Å². The van der Waals surface area contributed by atoms with Crippen molar-refractivity contribution in [2.24, 2.45) is 0 Å². The Labute approximate surface area is 69.5 Å². The second-order valence-electron chi connectivity index (χ2n) is 1.83. The van der Waals surface area contributed by atoms with E-state index in [9.17, 15) is 0 Å². The van der Waals surface area contributed by atoms with Crippen LogP contribution in [0.2, 0.25) is 0 Å². The van der Waals surface area contributed by atoms with Gasteiger partial charge in [0.05, 0.1) is 6.10 Å². The average molecular weight is 164 g/mol. The van der Waals surface area contributed by atoms with Crippen LogP contribution in [0.1, 0.15) is 27.2 Å². The van der Waals surface area contributed by atoms with Gasteiger partial charge in [-0.1, -0.05) is 13.8 Å². The Morgan fingerprint density at radius 2 is 1.90 bits per heavy atom. The van der Waals surface area contributed by atoms with Crippen LogP contribution >= 0.6 is 11.8 Å². The highest BCUT2D eigenvalue weighted by Crippen LogP contribution is 2.01. The molecule has 0 aliphatic carbocycles. The second kappa shape index (κ2) is 12.0. The molecule has 64 valence electrons. The van der Waals surface area contributed by atoms with Crippen molar-refractivity contribution in [3.8, 4) is 0 Å². The second-order valence-corrected chi connectivity index (χ2v) is 2.81. The summed E-state index contributed by atoms with van der Waals surface area (Å²) in [6.45, 7) is 6.09. The predicted octanol–water partition coefficient (Wildman–Crippen LogP) is 2.80. The van der Waals surface area contributed by atoms with Crippen LogP contribution in [0.4, 0.5) is 0 Å². The maximum atomic E-state index is 5.04. The molecule has 0 aromatic carbocycles. The minimum absolute atomic E-state index is 0.433. The van der Waals surface area contributed by atoms with E-state index in [1.165, 1.54) is 5.75 Å². The highest BCUT2D eigenvalue weighted by atomic mass is 32.2. The normalized spacial score (nSPS) is 11.7. The minimum Gasteiger partial charge on any atom is -0.382 e. The molecule has 0 spiro atoms. The molecule has 0 rings (SSSR count). The van der Waals surface area contributed by atoms with Gasteiger partial charge in [0.1, 0.15) is 0 Å². The molecule has 0 heterocycles. The average Bonchev–Trinajstić information content (AvgIpc) is 2.04. The first kappa shape index (κ1) is 12.9. The van der Waals surface area contributed by atoms with Crippen LogP contribution in [0, 0.1) is 0 Å². The monoisotopic (exact) mass is 164 g/mol. The molecule has 2 heteroatoms. The molecular formula is C8H20OS. The van der Waals surface area contributed by atoms with Crippen LogP contribution in [0.15, 0.2) is 0 Å². The van der Waals surface area contributed by atoms with Gasteiger partial charge in [-0.2, -0.15) is 11.8 Å². The molecule has 1 unspecified atom stereocenters. The standard InChI is InChI=1S/C6H14OS.C2H6/c1-6(7-2)4-5-8-3;1-2/h6H,4-5H2,1-3H3;1-2H3. The first-order valence-corrected chi connectivity index (χ1v) is 5.22. The summed E-state index contributed by atoms with van der Waals surface area (Å²) in [5.74, 6) is 1.20. The van der Waals surface area contributed by atoms with E-state index in [1.807, 2.05) is 25.6 Å². The first-order valence-electron chi connectivity index (χ1n) is 3.83. The van der Waals surface area contributed by atoms with Gasteiger partial charge in [0.25, 0.3) is 0 Å². The minimum atomic E-state index is 0.433. The molecular weight excluding hydrogens is 144 g/mol. The smallest absolute Gasteiger partial charge is 0.0551 e. The summed E-state index contributed by atoms with van der Waals surface area (Å²) in [6.07, 6.45) is 3.71. The molecule has 1 atom stereocenters. The number of hydrogen-bond donors (Lipinski definition) is 0. The summed E-state index contributed by atoms with van der Waals surface area (Å²) in [7, 11) is 1.75. The third-order valence-electron chi connectivity index (χ3n) is 1.13. The van der Waals surface area contributed by atoms with Crippen molar-refractivity contribution in [2.75, 3.05) is 19.1 Å². The molecule has 0 N–H and O–H groups in total. The van der Waals surface area contributed by atoms with Crippen LogP contribution < -0.4 is 0 Å². The Morgan fingerprint density at radius 3 is 2.20 bits per heavy atom. The van der Waals surface area contributed by atoms with Crippen LogP contribution in [-0.2, 0) is 4.74 Å². The summed E-state index contributed by atoms with van der Waals surface area (Å²) < 4.78 is 5.04. The van der Waals surface area contributed by atoms with E-state index in [1.54, 1.807) is 7.11 Å². The lowest BCUT2D eigenvalue weighted by atomic mass is 10.3. The van der Waals surface area contributed by atoms with Crippen LogP contribution in [-0.4, -0.2) is 25.2 Å². The Bertz CT molecular complexity index is 48.5. The molecule has 0 bridgehead atoms. The zero-order valence-electron chi connectivity index (χ0n) is 7.81. The van der Waals surface area contributed by atoms with Crippen molar-refractivity contribution >= 4 is 11.8 Å². The largest absolute Gasteiger partial charge is 0.382 e. The van der Waals surface area contributed by atoms with E-state index < -0.39 is 0 Å². The fraction of sp³-hybridized carbons (Fsp3) is 1.00. The Kier molecular flexibility index (Phi) is 15.6. The molecule has 0 saturated carbocycles. The van der Waals surface area contributed by atoms with Crippen molar-refractivity contribution in [3.63, 3.8) is 0 Å². The van der Waals surface area contributed by atoms with E-state index >= 15 is 0 Å². The highest BCUT2D eigenvalue weighted by molar-refractivity contribution is 7.98. The number of thioether (sulfide) groups is 1. The molecule has 1 nitrogen and oxygen atoms in total. The van der Waals surface area contributed by atoms with E-state index in [-0.39, 0.29) is 0 Å². The Hall–Kier alpha value is 0.310. The number of ether oxygens (including phenoxy) is 1. The van der Waals surface area contributed by atoms with E-state index in [0.717, 1.165) is 6.42 Å². The maximum absolute atomic E-state index is 5.04. The summed E-state index contributed by atoms with van der Waals surface area (Å²) >= 11 is 1.87. The summed E-state index contributed by atoms with van der Waals surface area (Å²) in [6, 6.07) is 0. The third-order valence-corrected chi connectivity index (χ3v) is 1.77. The van der Waals surface area contributed by atoms with Crippen LogP contribution in [0.25, 0.3) is 0 Å². The molecule has 0 fully saturated rings. The molecule has 0 amide bonds. The Morgan fingerprint density at radius 1 is 1.40 bits per heavy atom. The van der Waals surface area contributed by atoms with Crippen molar-refractivity contribution in [1.29, 1.82) is 0 Å². The molecule has 0 aromatic heterocycles. The SMILES string of the molecule is CC.COC(C)CCSC. The van der Waals surface area contributed by atoms with Crippen molar-refractivity contribution < 1.29 is 4.74 Å².